The number of hydrogen-bond acceptors (Lipinski definition) is 5. The molecule has 1 heterocycles. The van der Waals surface area contributed by atoms with Crippen LogP contribution in [0.2, 0.25) is 0 Å². The SMILES string of the molecule is CCOC(=O)C=C(C(=O)OCC)c1cccc2ncccc12. The van der Waals surface area contributed by atoms with E-state index in [0.29, 0.717) is 5.56 Å². The number of carbonyl (C=O) groups is 2. The molecule has 0 radical (unpaired) electrons. The van der Waals surface area contributed by atoms with Crippen LogP contribution in [-0.4, -0.2) is 30.1 Å². The van der Waals surface area contributed by atoms with Gasteiger partial charge in [0.05, 0.1) is 24.3 Å². The van der Waals surface area contributed by atoms with Gasteiger partial charge >= 0.3 is 11.9 Å². The van der Waals surface area contributed by atoms with Crippen molar-refractivity contribution in [3.05, 3.63) is 48.2 Å². The second-order valence-electron chi connectivity index (χ2n) is 4.41. The molecule has 1 aromatic carbocycles. The van der Waals surface area contributed by atoms with Crippen molar-refractivity contribution in [2.75, 3.05) is 13.2 Å². The van der Waals surface area contributed by atoms with E-state index in [9.17, 15) is 9.59 Å². The molecule has 0 spiro atoms. The Kier molecular flexibility index (Phi) is 5.25. The highest BCUT2D eigenvalue weighted by Crippen LogP contribution is 2.25. The standard InChI is InChI=1S/C17H17NO4/c1-3-21-16(19)11-14(17(20)22-4-2)12-7-5-9-15-13(12)8-6-10-18-15/h5-11H,3-4H2,1-2H3. The van der Waals surface area contributed by atoms with E-state index in [-0.39, 0.29) is 18.8 Å². The van der Waals surface area contributed by atoms with Crippen molar-refractivity contribution in [1.29, 1.82) is 0 Å². The Morgan fingerprint density at radius 3 is 2.59 bits per heavy atom. The van der Waals surface area contributed by atoms with Gasteiger partial charge in [-0.05, 0) is 31.5 Å². The fraction of sp³-hybridized carbons (Fsp3) is 0.235. The quantitative estimate of drug-likeness (QED) is 0.627. The van der Waals surface area contributed by atoms with Crippen molar-refractivity contribution in [3.8, 4) is 0 Å². The Morgan fingerprint density at radius 1 is 1.09 bits per heavy atom. The highest BCUT2D eigenvalue weighted by atomic mass is 16.5. The fourth-order valence-electron chi connectivity index (χ4n) is 2.10. The van der Waals surface area contributed by atoms with E-state index < -0.39 is 11.9 Å². The average Bonchev–Trinajstić information content (AvgIpc) is 2.52. The number of esters is 2. The Bertz CT molecular complexity index is 716. The highest BCUT2D eigenvalue weighted by Gasteiger charge is 2.18. The van der Waals surface area contributed by atoms with Gasteiger partial charge in [0.15, 0.2) is 0 Å². The molecule has 5 nitrogen and oxygen atoms in total. The van der Waals surface area contributed by atoms with Gasteiger partial charge in [0.25, 0.3) is 0 Å². The molecule has 0 aliphatic rings. The number of aromatic nitrogens is 1. The molecule has 22 heavy (non-hydrogen) atoms. The molecule has 0 amide bonds. The van der Waals surface area contributed by atoms with Crippen LogP contribution < -0.4 is 0 Å². The van der Waals surface area contributed by atoms with Crippen molar-refractivity contribution >= 4 is 28.4 Å². The van der Waals surface area contributed by atoms with Crippen molar-refractivity contribution < 1.29 is 19.1 Å². The summed E-state index contributed by atoms with van der Waals surface area (Å²) in [4.78, 5) is 28.2. The summed E-state index contributed by atoms with van der Waals surface area (Å²) in [7, 11) is 0. The zero-order chi connectivity index (χ0) is 15.9. The van der Waals surface area contributed by atoms with E-state index in [1.165, 1.54) is 6.08 Å². The molecule has 0 aliphatic heterocycles. The number of rotatable bonds is 5. The lowest BCUT2D eigenvalue weighted by Crippen LogP contribution is -2.10. The summed E-state index contributed by atoms with van der Waals surface area (Å²) in [6.45, 7) is 3.88. The number of pyridine rings is 1. The minimum Gasteiger partial charge on any atom is -0.463 e. The summed E-state index contributed by atoms with van der Waals surface area (Å²) in [6, 6.07) is 9.00. The Balaban J connectivity index is 2.56. The summed E-state index contributed by atoms with van der Waals surface area (Å²) in [5.74, 6) is -1.14. The van der Waals surface area contributed by atoms with Crippen LogP contribution in [0.5, 0.6) is 0 Å². The number of ether oxygens (including phenoxy) is 2. The summed E-state index contributed by atoms with van der Waals surface area (Å²) in [5.41, 5.74) is 1.50. The average molecular weight is 299 g/mol. The smallest absolute Gasteiger partial charge is 0.339 e. The van der Waals surface area contributed by atoms with Gasteiger partial charge in [0, 0.05) is 17.7 Å². The molecule has 0 atom stereocenters. The van der Waals surface area contributed by atoms with Crippen molar-refractivity contribution in [3.63, 3.8) is 0 Å². The second kappa shape index (κ2) is 7.36. The number of hydrogen-bond donors (Lipinski definition) is 0. The van der Waals surface area contributed by atoms with E-state index in [1.54, 1.807) is 38.2 Å². The summed E-state index contributed by atoms with van der Waals surface area (Å²) < 4.78 is 9.95. The van der Waals surface area contributed by atoms with Crippen LogP contribution in [0.3, 0.4) is 0 Å². The molecule has 2 rings (SSSR count). The maximum Gasteiger partial charge on any atom is 0.339 e. The molecule has 0 bridgehead atoms. The zero-order valence-electron chi connectivity index (χ0n) is 12.5. The van der Waals surface area contributed by atoms with Crippen LogP contribution >= 0.6 is 0 Å². The molecule has 0 N–H and O–H groups in total. The molecule has 0 aliphatic carbocycles. The van der Waals surface area contributed by atoms with Crippen LogP contribution in [0.25, 0.3) is 16.5 Å². The van der Waals surface area contributed by atoms with Crippen molar-refractivity contribution in [2.45, 2.75) is 13.8 Å². The molecule has 2 aromatic rings. The van der Waals surface area contributed by atoms with Gasteiger partial charge in [0.2, 0.25) is 0 Å². The van der Waals surface area contributed by atoms with Crippen molar-refractivity contribution in [2.24, 2.45) is 0 Å². The molecule has 0 unspecified atom stereocenters. The summed E-state index contributed by atoms with van der Waals surface area (Å²) in [6.07, 6.45) is 2.84. The molecular weight excluding hydrogens is 282 g/mol. The lowest BCUT2D eigenvalue weighted by atomic mass is 10.0. The number of benzene rings is 1. The maximum absolute atomic E-state index is 12.2. The van der Waals surface area contributed by atoms with E-state index in [1.807, 2.05) is 12.1 Å². The van der Waals surface area contributed by atoms with Gasteiger partial charge in [0.1, 0.15) is 0 Å². The Labute approximate surface area is 128 Å². The predicted octanol–water partition coefficient (Wildman–Crippen LogP) is 2.74. The first kappa shape index (κ1) is 15.7. The second-order valence-corrected chi connectivity index (χ2v) is 4.41. The zero-order valence-corrected chi connectivity index (χ0v) is 12.5. The molecule has 0 fully saturated rings. The van der Waals surface area contributed by atoms with Crippen LogP contribution in [0.15, 0.2) is 42.6 Å². The van der Waals surface area contributed by atoms with Gasteiger partial charge in [-0.3, -0.25) is 4.98 Å². The molecule has 1 aromatic heterocycles. The number of nitrogens with zero attached hydrogens (tertiary/aromatic N) is 1. The first-order chi connectivity index (χ1) is 10.7. The highest BCUT2D eigenvalue weighted by molar-refractivity contribution is 6.23. The predicted molar refractivity (Wildman–Crippen MR) is 83.0 cm³/mol. The molecule has 5 heteroatoms. The number of fused-ring (bicyclic) bond motifs is 1. The topological polar surface area (TPSA) is 65.5 Å². The Hall–Kier alpha value is -2.69. The largest absolute Gasteiger partial charge is 0.463 e. The molecule has 0 saturated carbocycles. The third kappa shape index (κ3) is 3.49. The maximum atomic E-state index is 12.2. The van der Waals surface area contributed by atoms with E-state index in [2.05, 4.69) is 4.98 Å². The minimum absolute atomic E-state index is 0.166. The van der Waals surface area contributed by atoms with Gasteiger partial charge in [-0.1, -0.05) is 18.2 Å². The normalized spacial score (nSPS) is 11.3. The van der Waals surface area contributed by atoms with Crippen LogP contribution in [-0.2, 0) is 19.1 Å². The monoisotopic (exact) mass is 299 g/mol. The molecule has 0 saturated heterocycles. The third-order valence-electron chi connectivity index (χ3n) is 2.98. The van der Waals surface area contributed by atoms with Gasteiger partial charge in [-0.15, -0.1) is 0 Å². The van der Waals surface area contributed by atoms with Crippen molar-refractivity contribution in [1.82, 2.24) is 4.98 Å². The summed E-state index contributed by atoms with van der Waals surface area (Å²) in [5, 5.41) is 0.772. The van der Waals surface area contributed by atoms with Gasteiger partial charge in [-0.25, -0.2) is 9.59 Å². The van der Waals surface area contributed by atoms with E-state index in [0.717, 1.165) is 10.9 Å². The summed E-state index contributed by atoms with van der Waals surface area (Å²) >= 11 is 0. The van der Waals surface area contributed by atoms with E-state index >= 15 is 0 Å². The Morgan fingerprint density at radius 2 is 1.86 bits per heavy atom. The van der Waals surface area contributed by atoms with Gasteiger partial charge < -0.3 is 9.47 Å². The van der Waals surface area contributed by atoms with Crippen LogP contribution in [0.1, 0.15) is 19.4 Å². The fourth-order valence-corrected chi connectivity index (χ4v) is 2.10. The molecular formula is C17H17NO4. The van der Waals surface area contributed by atoms with Crippen LogP contribution in [0.4, 0.5) is 0 Å². The first-order valence-corrected chi connectivity index (χ1v) is 7.07. The minimum atomic E-state index is -0.577. The lowest BCUT2D eigenvalue weighted by Gasteiger charge is -2.10. The third-order valence-corrected chi connectivity index (χ3v) is 2.98. The van der Waals surface area contributed by atoms with E-state index in [4.69, 9.17) is 9.47 Å². The van der Waals surface area contributed by atoms with Crippen LogP contribution in [0, 0.1) is 0 Å². The first-order valence-electron chi connectivity index (χ1n) is 7.07. The lowest BCUT2D eigenvalue weighted by molar-refractivity contribution is -0.139. The van der Waals surface area contributed by atoms with Gasteiger partial charge in [-0.2, -0.15) is 0 Å². The molecule has 114 valence electrons. The number of carbonyl (C=O) groups excluding carboxylic acids is 2.